The smallest absolute Gasteiger partial charge is 0.273 e. The van der Waals surface area contributed by atoms with Crippen LogP contribution in [0.2, 0.25) is 0 Å². The van der Waals surface area contributed by atoms with Gasteiger partial charge in [-0.1, -0.05) is 19.1 Å². The van der Waals surface area contributed by atoms with E-state index >= 15 is 0 Å². The Bertz CT molecular complexity index is 1220. The van der Waals surface area contributed by atoms with Crippen molar-refractivity contribution in [3.63, 3.8) is 0 Å². The van der Waals surface area contributed by atoms with Crippen LogP contribution in [0.5, 0.6) is 5.75 Å². The highest BCUT2D eigenvalue weighted by Crippen LogP contribution is 2.26. The van der Waals surface area contributed by atoms with Gasteiger partial charge in [0.15, 0.2) is 6.61 Å². The molecule has 0 fully saturated rings. The second kappa shape index (κ2) is 10.5. The molecule has 10 heteroatoms. The van der Waals surface area contributed by atoms with Gasteiger partial charge >= 0.3 is 0 Å². The normalized spacial score (nSPS) is 11.0. The molecule has 0 spiro atoms. The van der Waals surface area contributed by atoms with Crippen molar-refractivity contribution >= 4 is 50.2 Å². The molecule has 2 aromatic carbocycles. The molecule has 8 nitrogen and oxygen atoms in total. The number of amides is 2. The summed E-state index contributed by atoms with van der Waals surface area (Å²) in [5.74, 6) is -0.0493. The molecule has 0 aliphatic heterocycles. The summed E-state index contributed by atoms with van der Waals surface area (Å²) in [5, 5.41) is 7.24. The van der Waals surface area contributed by atoms with Crippen molar-refractivity contribution in [3.8, 4) is 5.75 Å². The minimum atomic E-state index is -3.62. The van der Waals surface area contributed by atoms with Crippen molar-refractivity contribution in [1.29, 1.82) is 0 Å². The summed E-state index contributed by atoms with van der Waals surface area (Å²) >= 11 is 1.15. The Kier molecular flexibility index (Phi) is 7.72. The second-order valence-electron chi connectivity index (χ2n) is 7.17. The van der Waals surface area contributed by atoms with E-state index in [0.717, 1.165) is 16.9 Å². The minimum absolute atomic E-state index is 0.114. The quantitative estimate of drug-likeness (QED) is 0.470. The topological polar surface area (TPSA) is 105 Å². The van der Waals surface area contributed by atoms with Crippen molar-refractivity contribution in [2.24, 2.45) is 0 Å². The van der Waals surface area contributed by atoms with Gasteiger partial charge in [0, 0.05) is 24.8 Å². The van der Waals surface area contributed by atoms with Crippen LogP contribution in [0, 0.1) is 6.92 Å². The van der Waals surface area contributed by atoms with Crippen molar-refractivity contribution in [3.05, 3.63) is 65.5 Å². The van der Waals surface area contributed by atoms with E-state index in [0.29, 0.717) is 29.2 Å². The number of benzene rings is 2. The Morgan fingerprint density at radius 1 is 1.03 bits per heavy atom. The standard InChI is InChI=1S/C23H25N3O5S2/c1-4-21(27)24-17-8-7-16(2)20(14-17)25-22(28)15-31-19-11-9-18(10-12-19)26(3)33(29,30)23-6-5-13-32-23/h5-14H,4,15H2,1-3H3,(H,24,27)(H,25,28). The molecule has 0 saturated carbocycles. The monoisotopic (exact) mass is 487 g/mol. The van der Waals surface area contributed by atoms with E-state index in [9.17, 15) is 18.0 Å². The molecular formula is C23H25N3O5S2. The number of anilines is 3. The molecule has 3 aromatic rings. The van der Waals surface area contributed by atoms with Crippen LogP contribution in [0.4, 0.5) is 17.1 Å². The molecule has 0 radical (unpaired) electrons. The van der Waals surface area contributed by atoms with Crippen LogP contribution in [0.25, 0.3) is 0 Å². The summed E-state index contributed by atoms with van der Waals surface area (Å²) < 4.78 is 32.2. The average Bonchev–Trinajstić information content (AvgIpc) is 3.35. The number of sulfonamides is 1. The molecule has 33 heavy (non-hydrogen) atoms. The lowest BCUT2D eigenvalue weighted by molar-refractivity contribution is -0.118. The number of hydrogen-bond acceptors (Lipinski definition) is 6. The minimum Gasteiger partial charge on any atom is -0.484 e. The summed E-state index contributed by atoms with van der Waals surface area (Å²) in [5.41, 5.74) is 2.49. The molecule has 0 atom stereocenters. The number of aryl methyl sites for hydroxylation is 1. The van der Waals surface area contributed by atoms with Crippen LogP contribution < -0.4 is 19.7 Å². The zero-order valence-electron chi connectivity index (χ0n) is 18.5. The zero-order valence-corrected chi connectivity index (χ0v) is 20.1. The molecule has 0 aliphatic carbocycles. The summed E-state index contributed by atoms with van der Waals surface area (Å²) in [6, 6.07) is 15.0. The third-order valence-corrected chi connectivity index (χ3v) is 7.96. The van der Waals surface area contributed by atoms with Gasteiger partial charge in [0.25, 0.3) is 15.9 Å². The zero-order chi connectivity index (χ0) is 24.0. The fraction of sp³-hybridized carbons (Fsp3) is 0.217. The van der Waals surface area contributed by atoms with E-state index in [-0.39, 0.29) is 22.6 Å². The van der Waals surface area contributed by atoms with Gasteiger partial charge < -0.3 is 15.4 Å². The highest BCUT2D eigenvalue weighted by Gasteiger charge is 2.22. The Morgan fingerprint density at radius 2 is 1.76 bits per heavy atom. The van der Waals surface area contributed by atoms with E-state index in [1.54, 1.807) is 66.9 Å². The largest absolute Gasteiger partial charge is 0.484 e. The molecule has 3 rings (SSSR count). The first-order chi connectivity index (χ1) is 15.7. The van der Waals surface area contributed by atoms with Crippen LogP contribution in [0.3, 0.4) is 0 Å². The predicted octanol–water partition coefficient (Wildman–Crippen LogP) is 4.25. The van der Waals surface area contributed by atoms with Gasteiger partial charge in [-0.15, -0.1) is 11.3 Å². The van der Waals surface area contributed by atoms with E-state index in [2.05, 4.69) is 10.6 Å². The van der Waals surface area contributed by atoms with Gasteiger partial charge in [0.2, 0.25) is 5.91 Å². The van der Waals surface area contributed by atoms with E-state index in [1.165, 1.54) is 11.4 Å². The van der Waals surface area contributed by atoms with Gasteiger partial charge in [0.05, 0.1) is 5.69 Å². The first-order valence-electron chi connectivity index (χ1n) is 10.2. The molecule has 0 unspecified atom stereocenters. The van der Waals surface area contributed by atoms with Crippen molar-refractivity contribution < 1.29 is 22.7 Å². The van der Waals surface area contributed by atoms with Crippen LogP contribution >= 0.6 is 11.3 Å². The van der Waals surface area contributed by atoms with Crippen molar-refractivity contribution in [1.82, 2.24) is 0 Å². The lowest BCUT2D eigenvalue weighted by atomic mass is 10.1. The van der Waals surface area contributed by atoms with Crippen LogP contribution in [-0.4, -0.2) is 33.9 Å². The Morgan fingerprint density at radius 3 is 2.39 bits per heavy atom. The summed E-state index contributed by atoms with van der Waals surface area (Å²) in [6.07, 6.45) is 0.359. The summed E-state index contributed by atoms with van der Waals surface area (Å²) in [4.78, 5) is 23.9. The van der Waals surface area contributed by atoms with E-state index in [4.69, 9.17) is 4.74 Å². The maximum Gasteiger partial charge on any atom is 0.273 e. The third-order valence-electron chi connectivity index (χ3n) is 4.80. The van der Waals surface area contributed by atoms with Crippen molar-refractivity contribution in [2.75, 3.05) is 28.6 Å². The lowest BCUT2D eigenvalue weighted by Crippen LogP contribution is -2.25. The number of ether oxygens (including phenoxy) is 1. The third kappa shape index (κ3) is 6.11. The van der Waals surface area contributed by atoms with Gasteiger partial charge in [-0.25, -0.2) is 8.42 Å². The van der Waals surface area contributed by atoms with Crippen LogP contribution in [-0.2, 0) is 19.6 Å². The molecule has 1 heterocycles. The number of hydrogen-bond donors (Lipinski definition) is 2. The molecule has 0 aliphatic rings. The summed E-state index contributed by atoms with van der Waals surface area (Å²) in [6.45, 7) is 3.38. The molecule has 174 valence electrons. The predicted molar refractivity (Wildman–Crippen MR) is 131 cm³/mol. The second-order valence-corrected chi connectivity index (χ2v) is 10.3. The molecule has 0 bridgehead atoms. The van der Waals surface area contributed by atoms with Gasteiger partial charge in [0.1, 0.15) is 9.96 Å². The molecule has 2 N–H and O–H groups in total. The van der Waals surface area contributed by atoms with E-state index < -0.39 is 10.0 Å². The Balaban J connectivity index is 1.59. The Labute approximate surface area is 197 Å². The lowest BCUT2D eigenvalue weighted by Gasteiger charge is -2.18. The fourth-order valence-electron chi connectivity index (χ4n) is 2.86. The maximum absolute atomic E-state index is 12.6. The first-order valence-corrected chi connectivity index (χ1v) is 12.5. The maximum atomic E-state index is 12.6. The van der Waals surface area contributed by atoms with Gasteiger partial charge in [-0.3, -0.25) is 13.9 Å². The summed E-state index contributed by atoms with van der Waals surface area (Å²) in [7, 11) is -2.13. The molecule has 1 aromatic heterocycles. The SMILES string of the molecule is CCC(=O)Nc1ccc(C)c(NC(=O)COc2ccc(N(C)S(=O)(=O)c3cccs3)cc2)c1. The molecule has 0 saturated heterocycles. The molecular weight excluding hydrogens is 462 g/mol. The van der Waals surface area contributed by atoms with Gasteiger partial charge in [-0.05, 0) is 60.3 Å². The Hall–Kier alpha value is -3.37. The fourth-order valence-corrected chi connectivity index (χ4v) is 5.21. The van der Waals surface area contributed by atoms with Crippen molar-refractivity contribution in [2.45, 2.75) is 24.5 Å². The number of rotatable bonds is 9. The number of nitrogens with one attached hydrogen (secondary N) is 2. The van der Waals surface area contributed by atoms with Crippen LogP contribution in [0.1, 0.15) is 18.9 Å². The highest BCUT2D eigenvalue weighted by molar-refractivity contribution is 7.94. The van der Waals surface area contributed by atoms with E-state index in [1.807, 2.05) is 6.92 Å². The average molecular weight is 488 g/mol. The number of nitrogens with zero attached hydrogens (tertiary/aromatic N) is 1. The highest BCUT2D eigenvalue weighted by atomic mass is 32.2. The number of carbonyl (C=O) groups excluding carboxylic acids is 2. The van der Waals surface area contributed by atoms with Crippen LogP contribution in [0.15, 0.2) is 64.2 Å². The molecule has 2 amide bonds. The number of carbonyl (C=O) groups is 2. The first kappa shape index (κ1) is 24.3. The van der Waals surface area contributed by atoms with Gasteiger partial charge in [-0.2, -0.15) is 0 Å². The number of thiophene rings is 1.